The zero-order valence-corrected chi connectivity index (χ0v) is 12.9. The molecular weight excluding hydrogens is 352 g/mol. The molecule has 0 fully saturated rings. The van der Waals surface area contributed by atoms with Crippen molar-refractivity contribution in [2.45, 2.75) is 0 Å². The number of allylic oxidation sites excluding steroid dienone is 4. The van der Waals surface area contributed by atoms with E-state index in [0.29, 0.717) is 0 Å². The van der Waals surface area contributed by atoms with Gasteiger partial charge in [0.25, 0.3) is 11.4 Å². The Bertz CT molecular complexity index is 610. The molecule has 9 nitrogen and oxygen atoms in total. The summed E-state index contributed by atoms with van der Waals surface area (Å²) in [4.78, 5) is 20.6. The molecule has 0 radical (unpaired) electrons. The predicted molar refractivity (Wildman–Crippen MR) is 81.2 cm³/mol. The molecule has 0 bridgehead atoms. The Morgan fingerprint density at radius 3 is 1.57 bits per heavy atom. The van der Waals surface area contributed by atoms with Crippen molar-refractivity contribution in [2.24, 2.45) is 0 Å². The van der Waals surface area contributed by atoms with Crippen LogP contribution in [0.3, 0.4) is 0 Å². The molecule has 0 aliphatic heterocycles. The number of benzene rings is 1. The molecule has 4 N–H and O–H groups in total. The Morgan fingerprint density at radius 1 is 0.826 bits per heavy atom. The second-order valence-corrected chi connectivity index (χ2v) is 4.53. The fourth-order valence-corrected chi connectivity index (χ4v) is 1.34. The van der Waals surface area contributed by atoms with Crippen LogP contribution in [0.5, 0.6) is 11.5 Å². The van der Waals surface area contributed by atoms with Gasteiger partial charge in [-0.15, -0.1) is 0 Å². The fraction of sp³-hybridized carbons (Fsp3) is 0. The van der Waals surface area contributed by atoms with Gasteiger partial charge in [-0.1, -0.05) is 12.1 Å². The molecule has 0 amide bonds. The Balaban J connectivity index is 0.000000354. The van der Waals surface area contributed by atoms with E-state index in [1.165, 1.54) is 36.4 Å². The van der Waals surface area contributed by atoms with Crippen LogP contribution in [-0.2, 0) is 32.3 Å². The highest BCUT2D eigenvalue weighted by Gasteiger charge is 2.02. The van der Waals surface area contributed by atoms with Crippen LogP contribution in [0.2, 0.25) is 0 Å². The molecule has 0 spiro atoms. The summed E-state index contributed by atoms with van der Waals surface area (Å²) in [5.41, 5.74) is 0. The van der Waals surface area contributed by atoms with Gasteiger partial charge in [0.1, 0.15) is 0 Å². The van der Waals surface area contributed by atoms with Crippen molar-refractivity contribution in [1.82, 2.24) is 0 Å². The Labute approximate surface area is 135 Å². The maximum Gasteiger partial charge on any atom is 0.357 e. The summed E-state index contributed by atoms with van der Waals surface area (Å²) in [5.74, 6) is -0.405. The number of ketones is 2. The molecule has 23 heavy (non-hydrogen) atoms. The molecular formula is C12H12O9S2. The first-order chi connectivity index (χ1) is 10.7. The number of para-hydroxylation sites is 2. The Kier molecular flexibility index (Phi) is 10.3. The maximum atomic E-state index is 10.3. The summed E-state index contributed by atoms with van der Waals surface area (Å²) in [5, 5.41) is 8.99. The summed E-state index contributed by atoms with van der Waals surface area (Å²) in [6.07, 6.45) is 5.01. The van der Waals surface area contributed by atoms with Crippen molar-refractivity contribution in [3.05, 3.63) is 48.6 Å². The first kappa shape index (κ1) is 20.8. The van der Waals surface area contributed by atoms with Crippen LogP contribution in [0.4, 0.5) is 0 Å². The smallest absolute Gasteiger partial charge is 0.357 e. The molecule has 1 unspecified atom stereocenters. The molecule has 0 saturated carbocycles. The van der Waals surface area contributed by atoms with E-state index in [2.05, 4.69) is 4.18 Å². The van der Waals surface area contributed by atoms with Crippen LogP contribution in [0.15, 0.2) is 48.6 Å². The number of carbonyl (C=O) groups excluding carboxylic acids is 2. The molecule has 1 aromatic rings. The average Bonchev–Trinajstić information content (AvgIpc) is 2.44. The topological polar surface area (TPSA) is 158 Å². The van der Waals surface area contributed by atoms with Crippen molar-refractivity contribution in [1.29, 1.82) is 0 Å². The minimum atomic E-state index is -2.61. The lowest BCUT2D eigenvalue weighted by molar-refractivity contribution is -0.113. The van der Waals surface area contributed by atoms with E-state index in [-0.39, 0.29) is 23.1 Å². The molecule has 0 saturated heterocycles. The summed E-state index contributed by atoms with van der Waals surface area (Å²) < 4.78 is 45.5. The largest absolute Gasteiger partial charge is 0.504 e. The van der Waals surface area contributed by atoms with E-state index >= 15 is 0 Å². The number of hydrogen-bond acceptors (Lipinski definition) is 6. The second kappa shape index (κ2) is 11.4. The highest BCUT2D eigenvalue weighted by molar-refractivity contribution is 7.74. The van der Waals surface area contributed by atoms with Crippen molar-refractivity contribution >= 4 is 34.3 Å². The number of phenols is 1. The molecule has 1 aliphatic rings. The average molecular weight is 364 g/mol. The van der Waals surface area contributed by atoms with E-state index in [1.54, 1.807) is 12.1 Å². The van der Waals surface area contributed by atoms with Crippen molar-refractivity contribution in [3.63, 3.8) is 0 Å². The molecule has 126 valence electrons. The van der Waals surface area contributed by atoms with Crippen LogP contribution in [0.1, 0.15) is 0 Å². The van der Waals surface area contributed by atoms with Crippen LogP contribution in [0, 0.1) is 0 Å². The van der Waals surface area contributed by atoms with Crippen molar-refractivity contribution in [3.8, 4) is 11.5 Å². The van der Waals surface area contributed by atoms with Gasteiger partial charge in [0, 0.05) is 0 Å². The highest BCUT2D eigenvalue weighted by atomic mass is 32.2. The van der Waals surface area contributed by atoms with Gasteiger partial charge in [-0.2, -0.15) is 8.42 Å². The molecule has 11 heteroatoms. The lowest BCUT2D eigenvalue weighted by Crippen LogP contribution is -1.97. The fourth-order valence-electron chi connectivity index (χ4n) is 1.04. The summed E-state index contributed by atoms with van der Waals surface area (Å²) in [7, 11) is 0. The number of carbonyl (C=O) groups is 2. The second-order valence-electron chi connectivity index (χ2n) is 3.47. The number of rotatable bonds is 2. The van der Waals surface area contributed by atoms with Crippen LogP contribution < -0.4 is 4.18 Å². The Hall–Kier alpha value is -2.18. The lowest BCUT2D eigenvalue weighted by atomic mass is 10.2. The third-order valence-corrected chi connectivity index (χ3v) is 2.17. The number of phenolic OH excluding ortho intramolecular Hbond substituents is 1. The summed E-state index contributed by atoms with van der Waals surface area (Å²) >= 11 is -5.00. The standard InChI is InChI=1S/C6H6O4S.C6H4O2.H2O3S/c7-5-3-1-2-4-6(5)10-11(8)9;7-5-1-2-6(8)4-3-5;1-4(2)3/h1-4,7H,(H,8,9);1-4H;(H2,1,2,3). The number of hydrogen-bond donors (Lipinski definition) is 4. The minimum absolute atomic E-state index is 0.00617. The van der Waals surface area contributed by atoms with E-state index in [9.17, 15) is 13.8 Å². The molecule has 1 atom stereocenters. The SMILES string of the molecule is O=C1C=CC(=O)C=C1.O=S(O)O.O=S(O)Oc1ccccc1O. The van der Waals surface area contributed by atoms with Crippen LogP contribution in [-0.4, -0.2) is 38.7 Å². The summed E-state index contributed by atoms with van der Waals surface area (Å²) in [6, 6.07) is 5.93. The molecule has 1 aromatic carbocycles. The van der Waals surface area contributed by atoms with Gasteiger partial charge < -0.3 is 9.29 Å². The van der Waals surface area contributed by atoms with E-state index < -0.39 is 22.7 Å². The minimum Gasteiger partial charge on any atom is -0.504 e. The molecule has 1 aliphatic carbocycles. The third-order valence-electron chi connectivity index (χ3n) is 1.85. The van der Waals surface area contributed by atoms with Gasteiger partial charge in [0.15, 0.2) is 23.1 Å². The van der Waals surface area contributed by atoms with Crippen molar-refractivity contribution in [2.75, 3.05) is 0 Å². The van der Waals surface area contributed by atoms with Gasteiger partial charge in [-0.25, -0.2) is 0 Å². The molecule has 0 aromatic heterocycles. The Morgan fingerprint density at radius 2 is 1.22 bits per heavy atom. The van der Waals surface area contributed by atoms with Gasteiger partial charge >= 0.3 is 11.4 Å². The first-order valence-electron chi connectivity index (χ1n) is 5.53. The third kappa shape index (κ3) is 12.1. The van der Waals surface area contributed by atoms with Gasteiger partial charge in [-0.05, 0) is 36.4 Å². The van der Waals surface area contributed by atoms with Gasteiger partial charge in [-0.3, -0.25) is 23.2 Å². The summed E-state index contributed by atoms with van der Waals surface area (Å²) in [6.45, 7) is 0. The van der Waals surface area contributed by atoms with Crippen LogP contribution in [0.25, 0.3) is 0 Å². The zero-order chi connectivity index (χ0) is 17.8. The normalized spacial score (nSPS) is 13.6. The van der Waals surface area contributed by atoms with E-state index in [1.807, 2.05) is 0 Å². The highest BCUT2D eigenvalue weighted by Crippen LogP contribution is 2.24. The predicted octanol–water partition coefficient (Wildman–Crippen LogP) is 0.839. The first-order valence-corrected chi connectivity index (χ1v) is 7.63. The zero-order valence-electron chi connectivity index (χ0n) is 11.3. The number of aromatic hydroxyl groups is 1. The van der Waals surface area contributed by atoms with E-state index in [4.69, 9.17) is 23.0 Å². The van der Waals surface area contributed by atoms with Gasteiger partial charge in [0.2, 0.25) is 0 Å². The monoisotopic (exact) mass is 364 g/mol. The molecule has 2 rings (SSSR count). The van der Waals surface area contributed by atoms with Gasteiger partial charge in [0.05, 0.1) is 0 Å². The van der Waals surface area contributed by atoms with Crippen LogP contribution >= 0.6 is 0 Å². The molecule has 0 heterocycles. The van der Waals surface area contributed by atoms with E-state index in [0.717, 1.165) is 0 Å². The lowest BCUT2D eigenvalue weighted by Gasteiger charge is -2.00. The maximum absolute atomic E-state index is 10.3. The quantitative estimate of drug-likeness (QED) is 0.440. The van der Waals surface area contributed by atoms with Crippen molar-refractivity contribution < 1.29 is 41.0 Å².